The zero-order valence-electron chi connectivity index (χ0n) is 18.0. The molecule has 1 N–H and O–H groups in total. The molecule has 0 aliphatic rings. The molecule has 4 rings (SSSR count). The Morgan fingerprint density at radius 2 is 1.62 bits per heavy atom. The second kappa shape index (κ2) is 8.43. The number of aromatic nitrogens is 2. The SMILES string of the molecule is Cc1ccc(-n2cc(C(=O)Nc3cc(S(C)(=O)=O)ccc3C)c(-c3ccccc3)n2)cc1. The van der Waals surface area contributed by atoms with E-state index in [1.54, 1.807) is 16.9 Å². The van der Waals surface area contributed by atoms with Crippen molar-refractivity contribution in [1.29, 1.82) is 0 Å². The van der Waals surface area contributed by atoms with E-state index in [-0.39, 0.29) is 10.8 Å². The van der Waals surface area contributed by atoms with E-state index in [0.717, 1.165) is 28.6 Å². The van der Waals surface area contributed by atoms with Crippen LogP contribution in [0.5, 0.6) is 0 Å². The zero-order chi connectivity index (χ0) is 22.9. The van der Waals surface area contributed by atoms with Crippen LogP contribution in [0.2, 0.25) is 0 Å². The summed E-state index contributed by atoms with van der Waals surface area (Å²) in [5.41, 5.74) is 4.91. The van der Waals surface area contributed by atoms with E-state index in [4.69, 9.17) is 0 Å². The highest BCUT2D eigenvalue weighted by Crippen LogP contribution is 2.26. The molecule has 4 aromatic rings. The van der Waals surface area contributed by atoms with E-state index >= 15 is 0 Å². The zero-order valence-corrected chi connectivity index (χ0v) is 18.8. The molecule has 3 aromatic carbocycles. The number of hydrogen-bond acceptors (Lipinski definition) is 4. The normalized spacial score (nSPS) is 11.3. The van der Waals surface area contributed by atoms with Crippen molar-refractivity contribution in [3.05, 3.63) is 95.7 Å². The average Bonchev–Trinajstić information content (AvgIpc) is 3.21. The number of benzene rings is 3. The molecule has 0 fully saturated rings. The quantitative estimate of drug-likeness (QED) is 0.478. The van der Waals surface area contributed by atoms with Gasteiger partial charge in [-0.25, -0.2) is 13.1 Å². The molecule has 1 aromatic heterocycles. The molecule has 0 saturated heterocycles. The van der Waals surface area contributed by atoms with Crippen LogP contribution < -0.4 is 5.32 Å². The van der Waals surface area contributed by atoms with Gasteiger partial charge in [0.1, 0.15) is 5.69 Å². The van der Waals surface area contributed by atoms with Gasteiger partial charge >= 0.3 is 0 Å². The summed E-state index contributed by atoms with van der Waals surface area (Å²) < 4.78 is 25.6. The number of anilines is 1. The van der Waals surface area contributed by atoms with Crippen molar-refractivity contribution in [2.75, 3.05) is 11.6 Å². The van der Waals surface area contributed by atoms with Crippen LogP contribution >= 0.6 is 0 Å². The van der Waals surface area contributed by atoms with Crippen LogP contribution in [-0.2, 0) is 9.84 Å². The number of carbonyl (C=O) groups is 1. The summed E-state index contributed by atoms with van der Waals surface area (Å²) in [5.74, 6) is -0.365. The minimum atomic E-state index is -3.40. The number of nitrogens with one attached hydrogen (secondary N) is 1. The van der Waals surface area contributed by atoms with E-state index in [9.17, 15) is 13.2 Å². The van der Waals surface area contributed by atoms with Crippen molar-refractivity contribution in [3.8, 4) is 16.9 Å². The molecule has 0 saturated carbocycles. The average molecular weight is 446 g/mol. The third kappa shape index (κ3) is 4.48. The van der Waals surface area contributed by atoms with Crippen LogP contribution in [-0.4, -0.2) is 30.4 Å². The third-order valence-electron chi connectivity index (χ3n) is 5.19. The van der Waals surface area contributed by atoms with Gasteiger partial charge in [0.05, 0.1) is 16.1 Å². The van der Waals surface area contributed by atoms with Gasteiger partial charge in [0.2, 0.25) is 0 Å². The molecule has 0 aliphatic carbocycles. The van der Waals surface area contributed by atoms with Crippen molar-refractivity contribution < 1.29 is 13.2 Å². The topological polar surface area (TPSA) is 81.1 Å². The fraction of sp³-hybridized carbons (Fsp3) is 0.120. The van der Waals surface area contributed by atoms with Crippen molar-refractivity contribution in [1.82, 2.24) is 9.78 Å². The molecular weight excluding hydrogens is 422 g/mol. The summed E-state index contributed by atoms with van der Waals surface area (Å²) in [6.45, 7) is 3.82. The van der Waals surface area contributed by atoms with Crippen molar-refractivity contribution in [2.24, 2.45) is 0 Å². The molecular formula is C25H23N3O3S. The highest BCUT2D eigenvalue weighted by molar-refractivity contribution is 7.90. The van der Waals surface area contributed by atoms with Crippen LogP contribution in [0, 0.1) is 13.8 Å². The molecule has 6 nitrogen and oxygen atoms in total. The van der Waals surface area contributed by atoms with Gasteiger partial charge in [-0.15, -0.1) is 0 Å². The summed E-state index contributed by atoms with van der Waals surface area (Å²) in [7, 11) is -3.40. The first kappa shape index (κ1) is 21.5. The summed E-state index contributed by atoms with van der Waals surface area (Å²) in [5, 5.41) is 7.55. The molecule has 0 atom stereocenters. The van der Waals surface area contributed by atoms with Gasteiger partial charge in [0, 0.05) is 23.7 Å². The van der Waals surface area contributed by atoms with E-state index < -0.39 is 9.84 Å². The lowest BCUT2D eigenvalue weighted by molar-refractivity contribution is 0.102. The molecule has 0 aliphatic heterocycles. The van der Waals surface area contributed by atoms with Gasteiger partial charge in [-0.3, -0.25) is 4.79 Å². The van der Waals surface area contributed by atoms with E-state index in [0.29, 0.717) is 16.9 Å². The number of aryl methyl sites for hydroxylation is 2. The second-order valence-corrected chi connectivity index (χ2v) is 9.76. The van der Waals surface area contributed by atoms with Gasteiger partial charge in [0.15, 0.2) is 9.84 Å². The van der Waals surface area contributed by atoms with Crippen LogP contribution in [0.25, 0.3) is 16.9 Å². The van der Waals surface area contributed by atoms with Crippen LogP contribution in [0.4, 0.5) is 5.69 Å². The fourth-order valence-electron chi connectivity index (χ4n) is 3.34. The smallest absolute Gasteiger partial charge is 0.259 e. The highest BCUT2D eigenvalue weighted by Gasteiger charge is 2.20. The van der Waals surface area contributed by atoms with Crippen molar-refractivity contribution in [2.45, 2.75) is 18.7 Å². The number of carbonyl (C=O) groups excluding carboxylic acids is 1. The lowest BCUT2D eigenvalue weighted by atomic mass is 10.1. The molecule has 0 spiro atoms. The molecule has 7 heteroatoms. The van der Waals surface area contributed by atoms with Gasteiger partial charge in [0.25, 0.3) is 5.91 Å². The summed E-state index contributed by atoms with van der Waals surface area (Å²) in [6, 6.07) is 22.0. The first-order valence-corrected chi connectivity index (χ1v) is 12.0. The van der Waals surface area contributed by atoms with Crippen LogP contribution in [0.1, 0.15) is 21.5 Å². The molecule has 0 radical (unpaired) electrons. The maximum Gasteiger partial charge on any atom is 0.259 e. The standard InChI is InChI=1S/C25H23N3O3S/c1-17-9-12-20(13-10-17)28-16-22(24(27-28)19-7-5-4-6-8-19)25(29)26-23-15-21(32(3,30)31)14-11-18(23)2/h4-16H,1-3H3,(H,26,29). The minimum absolute atomic E-state index is 0.150. The molecule has 162 valence electrons. The first-order chi connectivity index (χ1) is 15.2. The van der Waals surface area contributed by atoms with E-state index in [2.05, 4.69) is 10.4 Å². The molecule has 32 heavy (non-hydrogen) atoms. The monoisotopic (exact) mass is 445 g/mol. The lowest BCUT2D eigenvalue weighted by Gasteiger charge is -2.10. The maximum absolute atomic E-state index is 13.3. The van der Waals surface area contributed by atoms with Gasteiger partial charge in [-0.05, 0) is 43.7 Å². The highest BCUT2D eigenvalue weighted by atomic mass is 32.2. The summed E-state index contributed by atoms with van der Waals surface area (Å²) in [4.78, 5) is 13.5. The fourth-order valence-corrected chi connectivity index (χ4v) is 3.98. The number of rotatable bonds is 5. The van der Waals surface area contributed by atoms with Crippen molar-refractivity contribution in [3.63, 3.8) is 0 Å². The molecule has 0 unspecified atom stereocenters. The molecule has 0 bridgehead atoms. The Hall–Kier alpha value is -3.71. The van der Waals surface area contributed by atoms with Gasteiger partial charge in [-0.2, -0.15) is 5.10 Å². The predicted octanol–water partition coefficient (Wildman–Crippen LogP) is 4.81. The van der Waals surface area contributed by atoms with Crippen molar-refractivity contribution >= 4 is 21.4 Å². The number of amides is 1. The molecule has 1 heterocycles. The maximum atomic E-state index is 13.3. The Labute approximate surface area is 187 Å². The Bertz CT molecular complexity index is 1390. The van der Waals surface area contributed by atoms with Gasteiger partial charge < -0.3 is 5.32 Å². The number of sulfone groups is 1. The number of hydrogen-bond donors (Lipinski definition) is 1. The first-order valence-electron chi connectivity index (χ1n) is 10.1. The predicted molar refractivity (Wildman–Crippen MR) is 126 cm³/mol. The Balaban J connectivity index is 1.77. The summed E-state index contributed by atoms with van der Waals surface area (Å²) in [6.07, 6.45) is 2.83. The Morgan fingerprint density at radius 1 is 0.938 bits per heavy atom. The Morgan fingerprint density at radius 3 is 2.28 bits per heavy atom. The third-order valence-corrected chi connectivity index (χ3v) is 6.30. The lowest BCUT2D eigenvalue weighted by Crippen LogP contribution is -2.14. The largest absolute Gasteiger partial charge is 0.322 e. The van der Waals surface area contributed by atoms with Crippen LogP contribution in [0.15, 0.2) is 83.9 Å². The van der Waals surface area contributed by atoms with E-state index in [1.807, 2.05) is 68.4 Å². The minimum Gasteiger partial charge on any atom is -0.322 e. The second-order valence-electron chi connectivity index (χ2n) is 7.74. The number of nitrogens with zero attached hydrogens (tertiary/aromatic N) is 2. The molecule has 1 amide bonds. The Kier molecular flexibility index (Phi) is 5.67. The van der Waals surface area contributed by atoms with Gasteiger partial charge in [-0.1, -0.05) is 54.1 Å². The van der Waals surface area contributed by atoms with E-state index in [1.165, 1.54) is 12.1 Å². The summed E-state index contributed by atoms with van der Waals surface area (Å²) >= 11 is 0. The van der Waals surface area contributed by atoms with Crippen LogP contribution in [0.3, 0.4) is 0 Å².